The van der Waals surface area contributed by atoms with Gasteiger partial charge in [0.05, 0.1) is 5.02 Å². The highest BCUT2D eigenvalue weighted by Crippen LogP contribution is 2.55. The van der Waals surface area contributed by atoms with Crippen LogP contribution in [-0.4, -0.2) is 41.9 Å². The Hall–Kier alpha value is -2.94. The third-order valence-electron chi connectivity index (χ3n) is 5.96. The summed E-state index contributed by atoms with van der Waals surface area (Å²) in [5.74, 6) is 2.02. The average molecular weight is 428 g/mol. The van der Waals surface area contributed by atoms with Gasteiger partial charge >= 0.3 is 6.03 Å². The predicted octanol–water partition coefficient (Wildman–Crippen LogP) is 3.76. The fourth-order valence-electron chi connectivity index (χ4n) is 4.85. The van der Waals surface area contributed by atoms with E-state index in [4.69, 9.17) is 16.0 Å². The van der Waals surface area contributed by atoms with Gasteiger partial charge in [0.15, 0.2) is 5.82 Å². The molecule has 3 atom stereocenters. The van der Waals surface area contributed by atoms with Crippen molar-refractivity contribution >= 4 is 23.3 Å². The molecule has 1 aliphatic heterocycles. The number of hydrogen-bond acceptors (Lipinski definition) is 6. The molecule has 0 radical (unpaired) electrons. The topological polar surface area (TPSA) is 102 Å². The number of carbonyl (C=O) groups is 1. The van der Waals surface area contributed by atoms with E-state index in [0.717, 1.165) is 19.3 Å². The highest BCUT2D eigenvalue weighted by atomic mass is 35.5. The lowest BCUT2D eigenvalue weighted by Crippen LogP contribution is -2.70. The summed E-state index contributed by atoms with van der Waals surface area (Å²) in [5.41, 5.74) is 0.752. The zero-order chi connectivity index (χ0) is 21.0. The standard InChI is InChI=1S/C20H22ClN7O2/c1-11-6-14-9-20(8-11,18-25-24-12(2)30-18)28(14)19(29)23-13-4-5-16(21)15(7-13)17-22-10-27(3)26-17/h4-5,7,10-11,14H,6,8-9H2,1-3H3,(H,23,29). The third kappa shape index (κ3) is 2.96. The van der Waals surface area contributed by atoms with E-state index in [1.54, 1.807) is 43.2 Å². The number of halogens is 1. The van der Waals surface area contributed by atoms with Crippen molar-refractivity contribution < 1.29 is 9.21 Å². The molecule has 1 aromatic carbocycles. The summed E-state index contributed by atoms with van der Waals surface area (Å²) in [6.45, 7) is 3.96. The number of aryl methyl sites for hydroxylation is 2. The summed E-state index contributed by atoms with van der Waals surface area (Å²) in [5, 5.41) is 16.1. The molecule has 156 valence electrons. The van der Waals surface area contributed by atoms with E-state index in [0.29, 0.717) is 39.8 Å². The van der Waals surface area contributed by atoms with E-state index in [9.17, 15) is 4.79 Å². The van der Waals surface area contributed by atoms with Gasteiger partial charge in [-0.25, -0.2) is 9.78 Å². The smallest absolute Gasteiger partial charge is 0.323 e. The Balaban J connectivity index is 1.43. The first-order chi connectivity index (χ1) is 14.4. The molecule has 2 aliphatic rings. The number of amides is 2. The molecule has 3 heterocycles. The summed E-state index contributed by atoms with van der Waals surface area (Å²) in [7, 11) is 1.79. The monoisotopic (exact) mass is 427 g/mol. The Bertz CT molecular complexity index is 1130. The van der Waals surface area contributed by atoms with E-state index in [-0.39, 0.29) is 12.1 Å². The fraction of sp³-hybridized carbons (Fsp3) is 0.450. The number of nitrogens with one attached hydrogen (secondary N) is 1. The second kappa shape index (κ2) is 6.80. The van der Waals surface area contributed by atoms with E-state index >= 15 is 0 Å². The lowest BCUT2D eigenvalue weighted by Gasteiger charge is -2.61. The first-order valence-electron chi connectivity index (χ1n) is 9.92. The lowest BCUT2D eigenvalue weighted by molar-refractivity contribution is -0.110. The zero-order valence-corrected chi connectivity index (χ0v) is 17.7. The number of nitrogens with zero attached hydrogens (tertiary/aromatic N) is 6. The first kappa shape index (κ1) is 19.0. The SMILES string of the molecule is Cc1nnc(C23CC(C)CC(C2)N3C(=O)Nc2ccc(Cl)c(-c3ncn(C)n3)c2)o1. The molecule has 2 amide bonds. The van der Waals surface area contributed by atoms with Gasteiger partial charge < -0.3 is 14.6 Å². The van der Waals surface area contributed by atoms with Gasteiger partial charge in [-0.3, -0.25) is 4.68 Å². The molecule has 3 unspecified atom stereocenters. The quantitative estimate of drug-likeness (QED) is 0.682. The maximum atomic E-state index is 13.3. The van der Waals surface area contributed by atoms with Gasteiger partial charge in [-0.05, 0) is 37.0 Å². The van der Waals surface area contributed by atoms with Gasteiger partial charge in [-0.1, -0.05) is 18.5 Å². The van der Waals surface area contributed by atoms with Gasteiger partial charge in [0.25, 0.3) is 0 Å². The average Bonchev–Trinajstić information content (AvgIpc) is 3.31. The molecule has 3 aromatic rings. The second-order valence-electron chi connectivity index (χ2n) is 8.30. The molecular weight excluding hydrogens is 406 g/mol. The van der Waals surface area contributed by atoms with Crippen molar-refractivity contribution in [1.82, 2.24) is 29.9 Å². The fourth-order valence-corrected chi connectivity index (χ4v) is 5.06. The first-order valence-corrected chi connectivity index (χ1v) is 10.3. The number of urea groups is 1. The molecule has 2 fully saturated rings. The number of hydrogen-bond donors (Lipinski definition) is 1. The van der Waals surface area contributed by atoms with Gasteiger partial charge in [0.1, 0.15) is 11.9 Å². The highest BCUT2D eigenvalue weighted by molar-refractivity contribution is 6.33. The number of aromatic nitrogens is 5. The summed E-state index contributed by atoms with van der Waals surface area (Å²) < 4.78 is 7.36. The maximum Gasteiger partial charge on any atom is 0.323 e. The van der Waals surface area contributed by atoms with Crippen molar-refractivity contribution in [2.24, 2.45) is 13.0 Å². The summed E-state index contributed by atoms with van der Waals surface area (Å²) in [4.78, 5) is 19.4. The lowest BCUT2D eigenvalue weighted by atomic mass is 9.64. The van der Waals surface area contributed by atoms with Crippen LogP contribution in [0.15, 0.2) is 28.9 Å². The molecule has 5 rings (SSSR count). The summed E-state index contributed by atoms with van der Waals surface area (Å²) in [6, 6.07) is 5.27. The van der Waals surface area contributed by atoms with Crippen LogP contribution in [0.25, 0.3) is 11.4 Å². The Labute approximate surface area is 178 Å². The molecular formula is C20H22ClN7O2. The maximum absolute atomic E-state index is 13.3. The van der Waals surface area contributed by atoms with Crippen LogP contribution in [0.4, 0.5) is 10.5 Å². The van der Waals surface area contributed by atoms with E-state index in [1.165, 1.54) is 0 Å². The van der Waals surface area contributed by atoms with Gasteiger partial charge in [0, 0.05) is 37.7 Å². The van der Waals surface area contributed by atoms with Crippen LogP contribution in [0.1, 0.15) is 38.0 Å². The van der Waals surface area contributed by atoms with Crippen LogP contribution in [0.5, 0.6) is 0 Å². The minimum atomic E-state index is -0.536. The van der Waals surface area contributed by atoms with Crippen LogP contribution in [0.2, 0.25) is 5.02 Å². The second-order valence-corrected chi connectivity index (χ2v) is 8.70. The van der Waals surface area contributed by atoms with Crippen molar-refractivity contribution in [3.63, 3.8) is 0 Å². The molecule has 10 heteroatoms. The molecule has 1 aliphatic carbocycles. The minimum Gasteiger partial charge on any atom is -0.423 e. The highest BCUT2D eigenvalue weighted by Gasteiger charge is 2.62. The Morgan fingerprint density at radius 3 is 2.87 bits per heavy atom. The van der Waals surface area contributed by atoms with Crippen LogP contribution in [0.3, 0.4) is 0 Å². The number of anilines is 1. The Kier molecular flexibility index (Phi) is 4.32. The molecule has 30 heavy (non-hydrogen) atoms. The van der Waals surface area contributed by atoms with Crippen LogP contribution in [0, 0.1) is 12.8 Å². The normalized spacial score (nSPS) is 25.1. The van der Waals surface area contributed by atoms with Crippen LogP contribution >= 0.6 is 11.6 Å². The van der Waals surface area contributed by atoms with Gasteiger partial charge in [-0.2, -0.15) is 5.10 Å². The molecule has 1 saturated heterocycles. The van der Waals surface area contributed by atoms with Crippen LogP contribution in [-0.2, 0) is 12.6 Å². The number of piperidine rings is 1. The van der Waals surface area contributed by atoms with Gasteiger partial charge in [0.2, 0.25) is 11.8 Å². The summed E-state index contributed by atoms with van der Waals surface area (Å²) in [6.07, 6.45) is 4.22. The largest absolute Gasteiger partial charge is 0.423 e. The molecule has 0 spiro atoms. The van der Waals surface area contributed by atoms with E-state index in [2.05, 4.69) is 32.5 Å². The minimum absolute atomic E-state index is 0.158. The van der Waals surface area contributed by atoms with Crippen LogP contribution < -0.4 is 5.32 Å². The van der Waals surface area contributed by atoms with Crippen molar-refractivity contribution in [3.8, 4) is 11.4 Å². The Morgan fingerprint density at radius 2 is 2.17 bits per heavy atom. The number of rotatable bonds is 3. The Morgan fingerprint density at radius 1 is 1.33 bits per heavy atom. The van der Waals surface area contributed by atoms with Crippen molar-refractivity contribution in [3.05, 3.63) is 41.3 Å². The van der Waals surface area contributed by atoms with Crippen molar-refractivity contribution in [2.45, 2.75) is 44.7 Å². The number of benzene rings is 1. The van der Waals surface area contributed by atoms with Gasteiger partial charge in [-0.15, -0.1) is 10.2 Å². The van der Waals surface area contributed by atoms with E-state index < -0.39 is 5.54 Å². The number of carbonyl (C=O) groups excluding carboxylic acids is 1. The zero-order valence-electron chi connectivity index (χ0n) is 17.0. The van der Waals surface area contributed by atoms with E-state index in [1.807, 2.05) is 4.90 Å². The molecule has 1 saturated carbocycles. The molecule has 1 N–H and O–H groups in total. The molecule has 2 bridgehead atoms. The predicted molar refractivity (Wildman–Crippen MR) is 110 cm³/mol. The third-order valence-corrected chi connectivity index (χ3v) is 6.29. The number of fused-ring (bicyclic) bond motifs is 2. The summed E-state index contributed by atoms with van der Waals surface area (Å²) >= 11 is 6.34. The molecule has 2 aromatic heterocycles. The number of likely N-dealkylation sites (tertiary alicyclic amines) is 1. The molecule has 9 nitrogen and oxygen atoms in total. The van der Waals surface area contributed by atoms with Crippen molar-refractivity contribution in [1.29, 1.82) is 0 Å². The van der Waals surface area contributed by atoms with Crippen molar-refractivity contribution in [2.75, 3.05) is 5.32 Å².